The molecule has 7 nitrogen and oxygen atoms in total. The molecule has 1 saturated heterocycles. The van der Waals surface area contributed by atoms with Gasteiger partial charge in [0.25, 0.3) is 0 Å². The van der Waals surface area contributed by atoms with E-state index in [2.05, 4.69) is 20.6 Å². The van der Waals surface area contributed by atoms with Crippen molar-refractivity contribution in [3.05, 3.63) is 35.8 Å². The lowest BCUT2D eigenvalue weighted by Gasteiger charge is -2.35. The highest BCUT2D eigenvalue weighted by Gasteiger charge is 2.42. The molecule has 0 unspecified atom stereocenters. The lowest BCUT2D eigenvalue weighted by molar-refractivity contribution is 0.0756. The van der Waals surface area contributed by atoms with Gasteiger partial charge < -0.3 is 20.4 Å². The van der Waals surface area contributed by atoms with Gasteiger partial charge in [-0.05, 0) is 43.0 Å². The second-order valence-corrected chi connectivity index (χ2v) is 9.58. The molecule has 3 rings (SSSR count). The molecule has 1 fully saturated rings. The second kappa shape index (κ2) is 8.48. The fourth-order valence-electron chi connectivity index (χ4n) is 3.57. The number of ether oxygens (including phenoxy) is 1. The molecule has 1 aromatic carbocycles. The molecule has 28 heavy (non-hydrogen) atoms. The normalized spacial score (nSPS) is 17.6. The van der Waals surface area contributed by atoms with E-state index in [1.807, 2.05) is 6.20 Å². The number of benzene rings is 1. The van der Waals surface area contributed by atoms with Crippen LogP contribution in [0.4, 0.5) is 4.39 Å². The predicted octanol–water partition coefficient (Wildman–Crippen LogP) is 1.61. The maximum Gasteiger partial charge on any atom is 0.191 e. The van der Waals surface area contributed by atoms with Crippen LogP contribution in [0.3, 0.4) is 0 Å². The highest BCUT2D eigenvalue weighted by molar-refractivity contribution is 7.92. The number of aliphatic imine (C=N–C) groups is 1. The van der Waals surface area contributed by atoms with Crippen molar-refractivity contribution in [1.82, 2.24) is 15.6 Å². The third-order valence-electron chi connectivity index (χ3n) is 5.41. The molecular weight excluding hydrogens is 383 g/mol. The maximum atomic E-state index is 13.3. The Morgan fingerprint density at radius 3 is 2.75 bits per heavy atom. The van der Waals surface area contributed by atoms with Crippen molar-refractivity contribution in [3.63, 3.8) is 0 Å². The van der Waals surface area contributed by atoms with E-state index in [0.29, 0.717) is 45.1 Å². The zero-order chi connectivity index (χ0) is 20.2. The molecule has 0 bridgehead atoms. The molecule has 154 valence electrons. The number of nitrogens with zero attached hydrogens (tertiary/aromatic N) is 1. The number of guanidine groups is 1. The number of halogens is 1. The summed E-state index contributed by atoms with van der Waals surface area (Å²) in [4.78, 5) is 7.27. The van der Waals surface area contributed by atoms with Gasteiger partial charge in [-0.15, -0.1) is 0 Å². The van der Waals surface area contributed by atoms with Crippen LogP contribution >= 0.6 is 0 Å². The standard InChI is InChI=1S/C19H27FN4O3S/c1-21-18(24-13-19(28(2,25)26)6-9-27-10-7-19)22-8-5-14-12-23-17-11-15(20)3-4-16(14)17/h3-4,11-12,23H,5-10,13H2,1-2H3,(H2,21,22,24). The summed E-state index contributed by atoms with van der Waals surface area (Å²) >= 11 is 0. The number of fused-ring (bicyclic) bond motifs is 1. The van der Waals surface area contributed by atoms with Crippen LogP contribution < -0.4 is 10.6 Å². The van der Waals surface area contributed by atoms with E-state index in [1.165, 1.54) is 18.4 Å². The van der Waals surface area contributed by atoms with Crippen molar-refractivity contribution < 1.29 is 17.5 Å². The van der Waals surface area contributed by atoms with Crippen molar-refractivity contribution >= 4 is 26.7 Å². The minimum Gasteiger partial charge on any atom is -0.381 e. The molecule has 1 aliphatic heterocycles. The van der Waals surface area contributed by atoms with Gasteiger partial charge in [0.2, 0.25) is 0 Å². The molecule has 0 spiro atoms. The molecule has 1 aliphatic rings. The highest BCUT2D eigenvalue weighted by atomic mass is 32.2. The van der Waals surface area contributed by atoms with Gasteiger partial charge in [-0.1, -0.05) is 0 Å². The van der Waals surface area contributed by atoms with Gasteiger partial charge in [-0.2, -0.15) is 0 Å². The fraction of sp³-hybridized carbons (Fsp3) is 0.526. The Hall–Kier alpha value is -2.13. The first-order valence-electron chi connectivity index (χ1n) is 9.32. The van der Waals surface area contributed by atoms with Gasteiger partial charge >= 0.3 is 0 Å². The van der Waals surface area contributed by atoms with Crippen LogP contribution in [0.2, 0.25) is 0 Å². The summed E-state index contributed by atoms with van der Waals surface area (Å²) in [5.74, 6) is 0.289. The maximum absolute atomic E-state index is 13.3. The molecule has 0 aliphatic carbocycles. The van der Waals surface area contributed by atoms with Crippen LogP contribution in [0, 0.1) is 5.82 Å². The van der Waals surface area contributed by atoms with Crippen LogP contribution in [0.1, 0.15) is 18.4 Å². The molecule has 2 heterocycles. The number of hydrogen-bond acceptors (Lipinski definition) is 4. The van der Waals surface area contributed by atoms with E-state index in [9.17, 15) is 12.8 Å². The van der Waals surface area contributed by atoms with Crippen molar-refractivity contribution in [2.75, 3.05) is 39.6 Å². The van der Waals surface area contributed by atoms with E-state index in [0.717, 1.165) is 22.9 Å². The van der Waals surface area contributed by atoms with Crippen LogP contribution in [-0.2, 0) is 21.0 Å². The third-order valence-corrected chi connectivity index (χ3v) is 7.53. The lowest BCUT2D eigenvalue weighted by atomic mass is 9.99. The van der Waals surface area contributed by atoms with E-state index in [4.69, 9.17) is 4.74 Å². The number of aromatic amines is 1. The van der Waals surface area contributed by atoms with E-state index < -0.39 is 14.6 Å². The Labute approximate surface area is 164 Å². The molecule has 0 atom stereocenters. The molecule has 2 aromatic rings. The van der Waals surface area contributed by atoms with Gasteiger partial charge in [0.05, 0.1) is 4.75 Å². The summed E-state index contributed by atoms with van der Waals surface area (Å²) < 4.78 is 42.5. The molecular formula is C19H27FN4O3S. The summed E-state index contributed by atoms with van der Waals surface area (Å²) in [6, 6.07) is 4.70. The SMILES string of the molecule is CN=C(NCCc1c[nH]c2cc(F)ccc12)NCC1(S(C)(=O)=O)CCOCC1. The molecule has 0 amide bonds. The van der Waals surface area contributed by atoms with E-state index >= 15 is 0 Å². The first-order valence-corrected chi connectivity index (χ1v) is 11.2. The second-order valence-electron chi connectivity index (χ2n) is 7.17. The van der Waals surface area contributed by atoms with E-state index in [1.54, 1.807) is 13.1 Å². The van der Waals surface area contributed by atoms with Crippen molar-refractivity contribution in [3.8, 4) is 0 Å². The number of rotatable bonds is 6. The molecule has 0 saturated carbocycles. The predicted molar refractivity (Wildman–Crippen MR) is 109 cm³/mol. The van der Waals surface area contributed by atoms with Crippen LogP contribution in [0.25, 0.3) is 10.9 Å². The number of H-pyrrole nitrogens is 1. The van der Waals surface area contributed by atoms with Gasteiger partial charge in [-0.3, -0.25) is 4.99 Å². The lowest BCUT2D eigenvalue weighted by Crippen LogP contribution is -2.53. The summed E-state index contributed by atoms with van der Waals surface area (Å²) in [5, 5.41) is 7.37. The van der Waals surface area contributed by atoms with Crippen LogP contribution in [0.15, 0.2) is 29.4 Å². The Bertz CT molecular complexity index is 949. The highest BCUT2D eigenvalue weighted by Crippen LogP contribution is 2.28. The smallest absolute Gasteiger partial charge is 0.191 e. The number of aromatic nitrogens is 1. The largest absolute Gasteiger partial charge is 0.381 e. The first-order chi connectivity index (χ1) is 13.3. The monoisotopic (exact) mass is 410 g/mol. The molecule has 9 heteroatoms. The zero-order valence-corrected chi connectivity index (χ0v) is 17.0. The van der Waals surface area contributed by atoms with Crippen molar-refractivity contribution in [2.45, 2.75) is 24.0 Å². The number of sulfone groups is 1. The third kappa shape index (κ3) is 4.47. The average Bonchev–Trinajstić information content (AvgIpc) is 3.06. The summed E-state index contributed by atoms with van der Waals surface area (Å²) in [6.07, 6.45) is 4.83. The molecule has 3 N–H and O–H groups in total. The molecule has 1 aromatic heterocycles. The molecule has 0 radical (unpaired) electrons. The first kappa shape index (κ1) is 20.6. The Kier molecular flexibility index (Phi) is 6.24. The van der Waals surface area contributed by atoms with Gasteiger partial charge in [0, 0.05) is 56.7 Å². The minimum absolute atomic E-state index is 0.267. The van der Waals surface area contributed by atoms with Gasteiger partial charge in [0.15, 0.2) is 15.8 Å². The summed E-state index contributed by atoms with van der Waals surface area (Å²) in [6.45, 7) is 1.80. The number of nitrogens with one attached hydrogen (secondary N) is 3. The summed E-state index contributed by atoms with van der Waals surface area (Å²) in [5.41, 5.74) is 1.85. The number of hydrogen-bond donors (Lipinski definition) is 3. The van der Waals surface area contributed by atoms with E-state index in [-0.39, 0.29) is 5.82 Å². The van der Waals surface area contributed by atoms with Crippen LogP contribution in [-0.4, -0.2) is 63.7 Å². The zero-order valence-electron chi connectivity index (χ0n) is 16.2. The van der Waals surface area contributed by atoms with Crippen molar-refractivity contribution in [2.24, 2.45) is 4.99 Å². The van der Waals surface area contributed by atoms with Gasteiger partial charge in [0.1, 0.15) is 5.82 Å². The van der Waals surface area contributed by atoms with Crippen molar-refractivity contribution in [1.29, 1.82) is 0 Å². The summed E-state index contributed by atoms with van der Waals surface area (Å²) in [7, 11) is -1.58. The Balaban J connectivity index is 1.57. The average molecular weight is 411 g/mol. The Morgan fingerprint density at radius 2 is 2.07 bits per heavy atom. The van der Waals surface area contributed by atoms with Crippen LogP contribution in [0.5, 0.6) is 0 Å². The minimum atomic E-state index is -3.24. The quantitative estimate of drug-likeness (QED) is 0.497. The topological polar surface area (TPSA) is 95.6 Å². The Morgan fingerprint density at radius 1 is 1.32 bits per heavy atom. The van der Waals surface area contributed by atoms with Gasteiger partial charge in [-0.25, -0.2) is 12.8 Å². The fourth-order valence-corrected chi connectivity index (χ4v) is 4.81.